The third-order valence-corrected chi connectivity index (χ3v) is 2.68. The van der Waals surface area contributed by atoms with Gasteiger partial charge in [-0.25, -0.2) is 0 Å². The van der Waals surface area contributed by atoms with Crippen molar-refractivity contribution in [2.45, 2.75) is 13.5 Å². The Hall–Kier alpha value is -1.75. The van der Waals surface area contributed by atoms with Crippen molar-refractivity contribution in [1.82, 2.24) is 10.2 Å². The molecule has 0 heterocycles. The highest BCUT2D eigenvalue weighted by molar-refractivity contribution is 5.77. The van der Waals surface area contributed by atoms with E-state index in [1.807, 2.05) is 25.1 Å². The van der Waals surface area contributed by atoms with Gasteiger partial charge in [0.15, 0.2) is 6.61 Å². The second kappa shape index (κ2) is 7.63. The van der Waals surface area contributed by atoms with E-state index >= 15 is 0 Å². The lowest BCUT2D eigenvalue weighted by Gasteiger charge is -2.15. The molecule has 0 aliphatic carbocycles. The molecule has 1 rings (SSSR count). The SMILES string of the molecule is CCNCc1cc(OC)ccc1OCC(=O)N(C)C. The molecule has 1 N–H and O–H groups in total. The molecule has 0 aliphatic rings. The molecule has 19 heavy (non-hydrogen) atoms. The van der Waals surface area contributed by atoms with Gasteiger partial charge in [0, 0.05) is 26.2 Å². The first-order valence-corrected chi connectivity index (χ1v) is 6.29. The van der Waals surface area contributed by atoms with Gasteiger partial charge in [0.1, 0.15) is 11.5 Å². The fourth-order valence-corrected chi connectivity index (χ4v) is 1.49. The Bertz CT molecular complexity index is 419. The molecule has 0 unspecified atom stereocenters. The normalized spacial score (nSPS) is 10.1. The maximum atomic E-state index is 11.5. The van der Waals surface area contributed by atoms with Crippen LogP contribution in [0.3, 0.4) is 0 Å². The van der Waals surface area contributed by atoms with E-state index in [2.05, 4.69) is 5.32 Å². The van der Waals surface area contributed by atoms with Gasteiger partial charge in [0.05, 0.1) is 7.11 Å². The summed E-state index contributed by atoms with van der Waals surface area (Å²) in [6.07, 6.45) is 0. The Kier molecular flexibility index (Phi) is 6.15. The van der Waals surface area contributed by atoms with Crippen LogP contribution >= 0.6 is 0 Å². The number of rotatable bonds is 7. The minimum Gasteiger partial charge on any atom is -0.497 e. The summed E-state index contributed by atoms with van der Waals surface area (Å²) in [4.78, 5) is 13.0. The van der Waals surface area contributed by atoms with Gasteiger partial charge >= 0.3 is 0 Å². The Morgan fingerprint density at radius 2 is 2.11 bits per heavy atom. The van der Waals surface area contributed by atoms with Gasteiger partial charge in [-0.05, 0) is 24.7 Å². The first kappa shape index (κ1) is 15.3. The number of hydrogen-bond acceptors (Lipinski definition) is 4. The number of methoxy groups -OCH3 is 1. The third kappa shape index (κ3) is 4.79. The summed E-state index contributed by atoms with van der Waals surface area (Å²) in [7, 11) is 5.04. The molecular formula is C14H22N2O3. The van der Waals surface area contributed by atoms with Crippen LogP contribution in [-0.2, 0) is 11.3 Å². The zero-order chi connectivity index (χ0) is 14.3. The minimum atomic E-state index is -0.0646. The molecule has 1 aromatic rings. The predicted molar refractivity (Wildman–Crippen MR) is 74.6 cm³/mol. The van der Waals surface area contributed by atoms with Crippen LogP contribution in [0.4, 0.5) is 0 Å². The minimum absolute atomic E-state index is 0.0401. The number of nitrogens with one attached hydrogen (secondary N) is 1. The molecule has 5 nitrogen and oxygen atoms in total. The van der Waals surface area contributed by atoms with Crippen LogP contribution in [-0.4, -0.2) is 45.2 Å². The molecule has 0 saturated heterocycles. The molecule has 1 aromatic carbocycles. The third-order valence-electron chi connectivity index (χ3n) is 2.68. The van der Waals surface area contributed by atoms with Crippen molar-refractivity contribution in [3.63, 3.8) is 0 Å². The Morgan fingerprint density at radius 1 is 1.37 bits per heavy atom. The highest BCUT2D eigenvalue weighted by Gasteiger charge is 2.09. The van der Waals surface area contributed by atoms with E-state index in [1.54, 1.807) is 21.2 Å². The van der Waals surface area contributed by atoms with E-state index in [4.69, 9.17) is 9.47 Å². The molecule has 5 heteroatoms. The first-order valence-electron chi connectivity index (χ1n) is 6.29. The van der Waals surface area contributed by atoms with E-state index in [0.29, 0.717) is 12.3 Å². The van der Waals surface area contributed by atoms with Gasteiger partial charge in [0.25, 0.3) is 5.91 Å². The molecule has 0 aromatic heterocycles. The summed E-state index contributed by atoms with van der Waals surface area (Å²) in [5.41, 5.74) is 0.979. The molecule has 0 atom stereocenters. The molecule has 1 amide bonds. The molecule has 0 aliphatic heterocycles. The molecule has 0 radical (unpaired) electrons. The van der Waals surface area contributed by atoms with E-state index in [0.717, 1.165) is 17.9 Å². The maximum Gasteiger partial charge on any atom is 0.259 e. The van der Waals surface area contributed by atoms with E-state index in [1.165, 1.54) is 4.90 Å². The van der Waals surface area contributed by atoms with Crippen LogP contribution in [0.1, 0.15) is 12.5 Å². The second-order valence-corrected chi connectivity index (χ2v) is 4.33. The Balaban J connectivity index is 2.77. The van der Waals surface area contributed by atoms with E-state index in [-0.39, 0.29) is 12.5 Å². The van der Waals surface area contributed by atoms with Crippen LogP contribution in [0, 0.1) is 0 Å². The van der Waals surface area contributed by atoms with Crippen LogP contribution < -0.4 is 14.8 Å². The van der Waals surface area contributed by atoms with Gasteiger partial charge < -0.3 is 19.7 Å². The topological polar surface area (TPSA) is 50.8 Å². The number of carbonyl (C=O) groups is 1. The maximum absolute atomic E-state index is 11.5. The van der Waals surface area contributed by atoms with Gasteiger partial charge in [0.2, 0.25) is 0 Å². The standard InChI is InChI=1S/C14H22N2O3/c1-5-15-9-11-8-12(18-4)6-7-13(11)19-10-14(17)16(2)3/h6-8,15H,5,9-10H2,1-4H3. The Morgan fingerprint density at radius 3 is 2.68 bits per heavy atom. The van der Waals surface area contributed by atoms with Crippen molar-refractivity contribution in [3.05, 3.63) is 23.8 Å². The van der Waals surface area contributed by atoms with Crippen LogP contribution in [0.25, 0.3) is 0 Å². The molecule has 0 bridgehead atoms. The van der Waals surface area contributed by atoms with Crippen molar-refractivity contribution >= 4 is 5.91 Å². The van der Waals surface area contributed by atoms with Crippen LogP contribution in [0.2, 0.25) is 0 Å². The molecular weight excluding hydrogens is 244 g/mol. The summed E-state index contributed by atoms with van der Waals surface area (Å²) in [6.45, 7) is 3.63. The van der Waals surface area contributed by atoms with E-state index < -0.39 is 0 Å². The molecule has 0 fully saturated rings. The molecule has 0 spiro atoms. The van der Waals surface area contributed by atoms with Gasteiger partial charge in [-0.1, -0.05) is 6.92 Å². The van der Waals surface area contributed by atoms with E-state index in [9.17, 15) is 4.79 Å². The van der Waals surface area contributed by atoms with Gasteiger partial charge in [-0.3, -0.25) is 4.79 Å². The fourth-order valence-electron chi connectivity index (χ4n) is 1.49. The molecule has 0 saturated carbocycles. The summed E-state index contributed by atoms with van der Waals surface area (Å²) in [5, 5.41) is 3.24. The number of likely N-dealkylation sites (N-methyl/N-ethyl adjacent to an activating group) is 1. The predicted octanol–water partition coefficient (Wildman–Crippen LogP) is 1.27. The number of amides is 1. The highest BCUT2D eigenvalue weighted by atomic mass is 16.5. The average molecular weight is 266 g/mol. The Labute approximate surface area is 114 Å². The van der Waals surface area contributed by atoms with Crippen molar-refractivity contribution in [3.8, 4) is 11.5 Å². The summed E-state index contributed by atoms with van der Waals surface area (Å²) in [6, 6.07) is 5.57. The number of hydrogen-bond donors (Lipinski definition) is 1. The molecule has 106 valence electrons. The second-order valence-electron chi connectivity index (χ2n) is 4.33. The number of nitrogens with zero attached hydrogens (tertiary/aromatic N) is 1. The van der Waals surface area contributed by atoms with Crippen LogP contribution in [0.15, 0.2) is 18.2 Å². The van der Waals surface area contributed by atoms with Crippen molar-refractivity contribution in [2.75, 3.05) is 34.4 Å². The largest absolute Gasteiger partial charge is 0.497 e. The number of benzene rings is 1. The zero-order valence-corrected chi connectivity index (χ0v) is 12.0. The fraction of sp³-hybridized carbons (Fsp3) is 0.500. The van der Waals surface area contributed by atoms with Crippen molar-refractivity contribution in [1.29, 1.82) is 0 Å². The lowest BCUT2D eigenvalue weighted by atomic mass is 10.2. The van der Waals surface area contributed by atoms with Gasteiger partial charge in [-0.2, -0.15) is 0 Å². The lowest BCUT2D eigenvalue weighted by molar-refractivity contribution is -0.130. The average Bonchev–Trinajstić information content (AvgIpc) is 2.42. The monoisotopic (exact) mass is 266 g/mol. The summed E-state index contributed by atoms with van der Waals surface area (Å²) < 4.78 is 10.8. The van der Waals surface area contributed by atoms with Gasteiger partial charge in [-0.15, -0.1) is 0 Å². The zero-order valence-electron chi connectivity index (χ0n) is 12.0. The van der Waals surface area contributed by atoms with Crippen molar-refractivity contribution < 1.29 is 14.3 Å². The highest BCUT2D eigenvalue weighted by Crippen LogP contribution is 2.24. The number of carbonyl (C=O) groups excluding carboxylic acids is 1. The van der Waals surface area contributed by atoms with Crippen molar-refractivity contribution in [2.24, 2.45) is 0 Å². The smallest absolute Gasteiger partial charge is 0.259 e. The first-order chi connectivity index (χ1) is 9.08. The summed E-state index contributed by atoms with van der Waals surface area (Å²) in [5.74, 6) is 1.42. The van der Waals surface area contributed by atoms with Crippen LogP contribution in [0.5, 0.6) is 11.5 Å². The number of ether oxygens (including phenoxy) is 2. The summed E-state index contributed by atoms with van der Waals surface area (Å²) >= 11 is 0. The lowest BCUT2D eigenvalue weighted by Crippen LogP contribution is -2.27. The quantitative estimate of drug-likeness (QED) is 0.807.